The van der Waals surface area contributed by atoms with Crippen molar-refractivity contribution in [2.24, 2.45) is 11.8 Å². The molecule has 1 heterocycles. The molecule has 0 saturated heterocycles. The third-order valence-electron chi connectivity index (χ3n) is 2.67. The van der Waals surface area contributed by atoms with Gasteiger partial charge in [0, 0.05) is 12.6 Å². The maximum Gasteiger partial charge on any atom is 0.217 e. The molecule has 1 aromatic rings. The number of nitrogens with zero attached hydrogens (tertiary/aromatic N) is 2. The van der Waals surface area contributed by atoms with Crippen molar-refractivity contribution in [2.45, 2.75) is 19.8 Å². The summed E-state index contributed by atoms with van der Waals surface area (Å²) < 4.78 is 12.7. The van der Waals surface area contributed by atoms with E-state index in [1.807, 2.05) is 0 Å². The topological polar surface area (TPSA) is 37.8 Å². The third-order valence-corrected chi connectivity index (χ3v) is 2.67. The van der Waals surface area contributed by atoms with E-state index in [1.54, 1.807) is 0 Å². The summed E-state index contributed by atoms with van der Waals surface area (Å²) in [6, 6.07) is 1.32. The quantitative estimate of drug-likeness (QED) is 0.747. The lowest BCUT2D eigenvalue weighted by atomic mass is 10.1. The van der Waals surface area contributed by atoms with Crippen LogP contribution in [0.3, 0.4) is 0 Å². The molecule has 1 saturated carbocycles. The maximum absolute atomic E-state index is 12.7. The Bertz CT molecular complexity index is 312. The monoisotopic (exact) mass is 195 g/mol. The molecule has 0 radical (unpaired) electrons. The van der Waals surface area contributed by atoms with Gasteiger partial charge in [-0.2, -0.15) is 4.39 Å². The molecule has 14 heavy (non-hydrogen) atoms. The van der Waals surface area contributed by atoms with Gasteiger partial charge < -0.3 is 5.32 Å². The average molecular weight is 195 g/mol. The molecule has 1 atom stereocenters. The predicted octanol–water partition coefficient (Wildman–Crippen LogP) is 2.07. The summed E-state index contributed by atoms with van der Waals surface area (Å²) in [7, 11) is 0. The first-order chi connectivity index (χ1) is 6.75. The highest BCUT2D eigenvalue weighted by molar-refractivity contribution is 5.32. The number of hydrogen-bond acceptors (Lipinski definition) is 3. The summed E-state index contributed by atoms with van der Waals surface area (Å²) in [6.07, 6.45) is 3.90. The molecule has 1 unspecified atom stereocenters. The highest BCUT2D eigenvalue weighted by Crippen LogP contribution is 2.36. The van der Waals surface area contributed by atoms with Gasteiger partial charge in [-0.1, -0.05) is 6.92 Å². The number of rotatable bonds is 4. The minimum Gasteiger partial charge on any atom is -0.370 e. The van der Waals surface area contributed by atoms with Gasteiger partial charge in [0.05, 0.1) is 0 Å². The van der Waals surface area contributed by atoms with Crippen molar-refractivity contribution in [2.75, 3.05) is 11.9 Å². The normalized spacial score (nSPS) is 17.9. The van der Waals surface area contributed by atoms with E-state index in [4.69, 9.17) is 0 Å². The minimum absolute atomic E-state index is 0.485. The maximum atomic E-state index is 12.7. The van der Waals surface area contributed by atoms with Gasteiger partial charge in [-0.25, -0.2) is 9.97 Å². The molecule has 3 nitrogen and oxygen atoms in total. The van der Waals surface area contributed by atoms with Crippen LogP contribution in [0.4, 0.5) is 10.2 Å². The first kappa shape index (κ1) is 9.37. The van der Waals surface area contributed by atoms with Crippen LogP contribution < -0.4 is 5.32 Å². The highest BCUT2D eigenvalue weighted by atomic mass is 19.1. The van der Waals surface area contributed by atoms with E-state index < -0.39 is 5.95 Å². The zero-order valence-electron chi connectivity index (χ0n) is 8.20. The summed E-state index contributed by atoms with van der Waals surface area (Å²) in [5, 5.41) is 3.12. The van der Waals surface area contributed by atoms with Gasteiger partial charge in [-0.15, -0.1) is 0 Å². The van der Waals surface area contributed by atoms with Crippen molar-refractivity contribution >= 4 is 5.82 Å². The van der Waals surface area contributed by atoms with E-state index in [9.17, 15) is 4.39 Å². The molecule has 1 aliphatic rings. The van der Waals surface area contributed by atoms with Gasteiger partial charge in [0.1, 0.15) is 12.1 Å². The Kier molecular flexibility index (Phi) is 2.61. The van der Waals surface area contributed by atoms with Crippen molar-refractivity contribution in [3.63, 3.8) is 0 Å². The first-order valence-corrected chi connectivity index (χ1v) is 4.97. The molecular formula is C10H14FN3. The Morgan fingerprint density at radius 1 is 1.57 bits per heavy atom. The van der Waals surface area contributed by atoms with Gasteiger partial charge in [0.25, 0.3) is 0 Å². The smallest absolute Gasteiger partial charge is 0.217 e. The second-order valence-electron chi connectivity index (χ2n) is 3.92. The molecular weight excluding hydrogens is 181 g/mol. The predicted molar refractivity (Wildman–Crippen MR) is 52.4 cm³/mol. The van der Waals surface area contributed by atoms with E-state index in [0.717, 1.165) is 12.5 Å². The zero-order valence-corrected chi connectivity index (χ0v) is 8.20. The molecule has 4 heteroatoms. The Labute approximate surface area is 82.8 Å². The number of halogens is 1. The Morgan fingerprint density at radius 2 is 2.36 bits per heavy atom. The van der Waals surface area contributed by atoms with Crippen molar-refractivity contribution < 1.29 is 4.39 Å². The molecule has 0 aliphatic heterocycles. The second kappa shape index (κ2) is 3.90. The van der Waals surface area contributed by atoms with E-state index in [0.29, 0.717) is 11.7 Å². The number of nitrogens with one attached hydrogen (secondary N) is 1. The third kappa shape index (κ3) is 2.40. The lowest BCUT2D eigenvalue weighted by Gasteiger charge is -2.11. The van der Waals surface area contributed by atoms with Crippen LogP contribution in [0.1, 0.15) is 19.8 Å². The molecule has 2 rings (SSSR count). The summed E-state index contributed by atoms with van der Waals surface area (Å²) in [5.41, 5.74) is 0. The summed E-state index contributed by atoms with van der Waals surface area (Å²) >= 11 is 0. The lowest BCUT2D eigenvalue weighted by Crippen LogP contribution is -2.13. The standard InChI is InChI=1S/C10H14FN3/c1-7(8-2-3-8)5-12-10-4-9(11)13-6-14-10/h4,6-8H,2-3,5H2,1H3,(H,12,13,14). The summed E-state index contributed by atoms with van der Waals surface area (Å²) in [5.74, 6) is 1.59. The molecule has 0 spiro atoms. The van der Waals surface area contributed by atoms with Crippen LogP contribution in [0.2, 0.25) is 0 Å². The van der Waals surface area contributed by atoms with Crippen LogP contribution in [-0.4, -0.2) is 16.5 Å². The molecule has 1 aliphatic carbocycles. The lowest BCUT2D eigenvalue weighted by molar-refractivity contribution is 0.534. The van der Waals surface area contributed by atoms with Crippen molar-refractivity contribution in [1.29, 1.82) is 0 Å². The largest absolute Gasteiger partial charge is 0.370 e. The summed E-state index contributed by atoms with van der Waals surface area (Å²) in [6.45, 7) is 3.07. The van der Waals surface area contributed by atoms with E-state index in [1.165, 1.54) is 25.2 Å². The average Bonchev–Trinajstić information content (AvgIpc) is 2.97. The van der Waals surface area contributed by atoms with Crippen LogP contribution in [0.25, 0.3) is 0 Å². The van der Waals surface area contributed by atoms with Crippen LogP contribution in [0.15, 0.2) is 12.4 Å². The van der Waals surface area contributed by atoms with Crippen LogP contribution in [0, 0.1) is 17.8 Å². The van der Waals surface area contributed by atoms with E-state index in [-0.39, 0.29) is 0 Å². The van der Waals surface area contributed by atoms with E-state index >= 15 is 0 Å². The van der Waals surface area contributed by atoms with Crippen LogP contribution >= 0.6 is 0 Å². The van der Waals surface area contributed by atoms with Gasteiger partial charge in [-0.3, -0.25) is 0 Å². The van der Waals surface area contributed by atoms with Crippen molar-refractivity contribution in [3.8, 4) is 0 Å². The second-order valence-corrected chi connectivity index (χ2v) is 3.92. The number of hydrogen-bond donors (Lipinski definition) is 1. The minimum atomic E-state index is -0.485. The number of anilines is 1. The summed E-state index contributed by atoms with van der Waals surface area (Å²) in [4.78, 5) is 7.33. The van der Waals surface area contributed by atoms with Crippen LogP contribution in [-0.2, 0) is 0 Å². The van der Waals surface area contributed by atoms with Gasteiger partial charge in [0.15, 0.2) is 0 Å². The van der Waals surface area contributed by atoms with E-state index in [2.05, 4.69) is 22.2 Å². The van der Waals surface area contributed by atoms with Gasteiger partial charge in [0.2, 0.25) is 5.95 Å². The fraction of sp³-hybridized carbons (Fsp3) is 0.600. The fourth-order valence-electron chi connectivity index (χ4n) is 1.53. The molecule has 1 aromatic heterocycles. The Hall–Kier alpha value is -1.19. The molecule has 0 amide bonds. The van der Waals surface area contributed by atoms with Gasteiger partial charge in [-0.05, 0) is 24.7 Å². The van der Waals surface area contributed by atoms with Crippen molar-refractivity contribution in [3.05, 3.63) is 18.3 Å². The molecule has 1 N–H and O–H groups in total. The molecule has 1 fully saturated rings. The Balaban J connectivity index is 1.84. The van der Waals surface area contributed by atoms with Crippen LogP contribution in [0.5, 0.6) is 0 Å². The SMILES string of the molecule is CC(CNc1cc(F)ncn1)C1CC1. The molecule has 76 valence electrons. The molecule has 0 aromatic carbocycles. The highest BCUT2D eigenvalue weighted by Gasteiger charge is 2.27. The van der Waals surface area contributed by atoms with Crippen molar-refractivity contribution in [1.82, 2.24) is 9.97 Å². The Morgan fingerprint density at radius 3 is 3.00 bits per heavy atom. The van der Waals surface area contributed by atoms with Gasteiger partial charge >= 0.3 is 0 Å². The first-order valence-electron chi connectivity index (χ1n) is 4.97. The fourth-order valence-corrected chi connectivity index (χ4v) is 1.53. The zero-order chi connectivity index (χ0) is 9.97. The number of aromatic nitrogens is 2. The molecule has 0 bridgehead atoms.